The maximum absolute atomic E-state index is 7.93. The van der Waals surface area contributed by atoms with Crippen molar-refractivity contribution in [2.24, 2.45) is 0 Å². The normalized spacial score (nSPS) is 39.1. The lowest BCUT2D eigenvalue weighted by molar-refractivity contribution is 0.589. The van der Waals surface area contributed by atoms with Crippen LogP contribution in [0, 0.1) is 0 Å². The summed E-state index contributed by atoms with van der Waals surface area (Å²) >= 11 is 5.82. The number of anilines is 1. The molecule has 1 fully saturated rings. The van der Waals surface area contributed by atoms with Gasteiger partial charge in [-0.15, -0.1) is 12.4 Å². The van der Waals surface area contributed by atoms with Crippen LogP contribution in [0.15, 0.2) is 24.3 Å². The van der Waals surface area contributed by atoms with Crippen molar-refractivity contribution in [2.45, 2.75) is 0 Å². The molecule has 1 aromatic carbocycles. The van der Waals surface area contributed by atoms with Crippen molar-refractivity contribution in [2.75, 3.05) is 30.9 Å². The molecule has 14 heavy (non-hydrogen) atoms. The average Bonchev–Trinajstić information content (AvgIpc) is 2.24. The minimum atomic E-state index is -2.84. The molecule has 0 atom stereocenters. The standard InChI is InChI=1S/C10H13ClN2.ClH/c11-9-2-1-3-10(8-9)13-6-4-12-5-7-13;/h1-3,8,12H,4-7H2;1H/i4D2,5D2,6D2,7D2;. The molecule has 0 saturated carbocycles. The summed E-state index contributed by atoms with van der Waals surface area (Å²) in [6.07, 6.45) is 0. The van der Waals surface area contributed by atoms with E-state index < -0.39 is 26.0 Å². The zero-order valence-electron chi connectivity index (χ0n) is 15.0. The van der Waals surface area contributed by atoms with E-state index in [4.69, 9.17) is 22.6 Å². The summed E-state index contributed by atoms with van der Waals surface area (Å²) in [4.78, 5) is 0.447. The highest BCUT2D eigenvalue weighted by Crippen LogP contribution is 2.19. The Kier molecular flexibility index (Phi) is 1.79. The van der Waals surface area contributed by atoms with Crippen LogP contribution in [0.5, 0.6) is 0 Å². The van der Waals surface area contributed by atoms with Gasteiger partial charge in [0.2, 0.25) is 0 Å². The van der Waals surface area contributed by atoms with Crippen LogP contribution in [0.25, 0.3) is 0 Å². The Morgan fingerprint density at radius 2 is 2.07 bits per heavy atom. The smallest absolute Gasteiger partial charge is 0.0506 e. The van der Waals surface area contributed by atoms with Crippen LogP contribution in [-0.4, -0.2) is 26.0 Å². The van der Waals surface area contributed by atoms with Crippen LogP contribution in [0.2, 0.25) is 5.02 Å². The number of benzene rings is 1. The first-order valence-corrected chi connectivity index (χ1v) is 4.06. The molecule has 1 heterocycles. The molecular weight excluding hydrogens is 219 g/mol. The quantitative estimate of drug-likeness (QED) is 0.810. The molecule has 78 valence electrons. The number of hydrogen-bond donors (Lipinski definition) is 1. The van der Waals surface area contributed by atoms with Crippen molar-refractivity contribution >= 4 is 29.7 Å². The summed E-state index contributed by atoms with van der Waals surface area (Å²) in [5, 5.41) is 1.98. The second-order valence-corrected chi connectivity index (χ2v) is 2.85. The van der Waals surface area contributed by atoms with Gasteiger partial charge < -0.3 is 10.2 Å². The molecule has 2 nitrogen and oxygen atoms in total. The lowest BCUT2D eigenvalue weighted by atomic mass is 10.2. The van der Waals surface area contributed by atoms with Gasteiger partial charge in [-0.1, -0.05) is 17.7 Å². The van der Waals surface area contributed by atoms with Crippen LogP contribution >= 0.6 is 24.0 Å². The molecule has 1 saturated heterocycles. The van der Waals surface area contributed by atoms with Crippen molar-refractivity contribution in [3.05, 3.63) is 29.3 Å². The fourth-order valence-electron chi connectivity index (χ4n) is 0.971. The second-order valence-electron chi connectivity index (χ2n) is 2.41. The summed E-state index contributed by atoms with van der Waals surface area (Å²) in [6.45, 7) is -11.3. The SMILES string of the molecule is Cl.[2H]C1([2H])NC([2H])([2H])C([2H])([2H])N(c2cccc(Cl)c2)C1([2H])[2H]. The minimum Gasteiger partial charge on any atom is -0.369 e. The average molecular weight is 241 g/mol. The summed E-state index contributed by atoms with van der Waals surface area (Å²) in [7, 11) is 0. The molecule has 1 aromatic rings. The third-order valence-electron chi connectivity index (χ3n) is 1.53. The minimum absolute atomic E-state index is 0. The predicted octanol–water partition coefficient (Wildman–Crippen LogP) is 2.17. The molecule has 0 unspecified atom stereocenters. The molecule has 0 aliphatic carbocycles. The Morgan fingerprint density at radius 1 is 1.36 bits per heavy atom. The van der Waals surface area contributed by atoms with Crippen LogP contribution in [-0.2, 0) is 0 Å². The molecule has 0 aromatic heterocycles. The molecule has 1 N–H and O–H groups in total. The highest BCUT2D eigenvalue weighted by Gasteiger charge is 2.09. The van der Waals surface area contributed by atoms with E-state index in [1.165, 1.54) is 24.3 Å². The van der Waals surface area contributed by atoms with E-state index in [9.17, 15) is 0 Å². The number of piperazine rings is 1. The third kappa shape index (κ3) is 2.77. The van der Waals surface area contributed by atoms with E-state index >= 15 is 0 Å². The Morgan fingerprint density at radius 3 is 2.71 bits per heavy atom. The van der Waals surface area contributed by atoms with Gasteiger partial charge in [-0.05, 0) is 18.2 Å². The second kappa shape index (κ2) is 5.44. The zero-order chi connectivity index (χ0) is 16.3. The maximum Gasteiger partial charge on any atom is 0.0506 e. The molecule has 1 aliphatic heterocycles. The molecular formula is C10H14Cl2N2. The van der Waals surface area contributed by atoms with Gasteiger partial charge in [0, 0.05) is 42.2 Å². The Labute approximate surface area is 107 Å². The third-order valence-corrected chi connectivity index (χ3v) is 1.76. The fraction of sp³-hybridized carbons (Fsp3) is 0.400. The summed E-state index contributed by atoms with van der Waals surface area (Å²) in [5.74, 6) is 0. The monoisotopic (exact) mass is 240 g/mol. The number of halogens is 2. The number of nitrogens with zero attached hydrogens (tertiary/aromatic N) is 1. The van der Waals surface area contributed by atoms with E-state index in [1.54, 1.807) is 5.32 Å². The predicted molar refractivity (Wildman–Crippen MR) is 63.8 cm³/mol. The maximum atomic E-state index is 7.93. The van der Waals surface area contributed by atoms with Crippen LogP contribution in [0.4, 0.5) is 5.69 Å². The number of hydrogen-bond acceptors (Lipinski definition) is 2. The van der Waals surface area contributed by atoms with Gasteiger partial charge >= 0.3 is 0 Å². The van der Waals surface area contributed by atoms with Crippen molar-refractivity contribution in [3.63, 3.8) is 0 Å². The first-order valence-electron chi connectivity index (χ1n) is 7.68. The largest absolute Gasteiger partial charge is 0.369 e. The Bertz CT molecular complexity index is 540. The lowest BCUT2D eigenvalue weighted by Gasteiger charge is -2.29. The van der Waals surface area contributed by atoms with Crippen molar-refractivity contribution in [1.29, 1.82) is 0 Å². The molecule has 2 rings (SSSR count). The Hall–Kier alpha value is -0.440. The molecule has 0 spiro atoms. The molecule has 4 heteroatoms. The topological polar surface area (TPSA) is 15.3 Å². The van der Waals surface area contributed by atoms with Gasteiger partial charge in [0.15, 0.2) is 0 Å². The number of rotatable bonds is 1. The van der Waals surface area contributed by atoms with Crippen LogP contribution < -0.4 is 10.2 Å². The highest BCUT2D eigenvalue weighted by atomic mass is 35.5. The van der Waals surface area contributed by atoms with E-state index in [2.05, 4.69) is 0 Å². The van der Waals surface area contributed by atoms with Crippen LogP contribution in [0.1, 0.15) is 11.0 Å². The first-order chi connectivity index (χ1) is 9.33. The Balaban J connectivity index is 0.00000242. The van der Waals surface area contributed by atoms with Gasteiger partial charge in [-0.2, -0.15) is 0 Å². The van der Waals surface area contributed by atoms with Crippen LogP contribution in [0.3, 0.4) is 0 Å². The highest BCUT2D eigenvalue weighted by molar-refractivity contribution is 6.30. The molecule has 0 radical (unpaired) electrons. The van der Waals surface area contributed by atoms with Crippen molar-refractivity contribution in [1.82, 2.24) is 5.32 Å². The van der Waals surface area contributed by atoms with E-state index in [0.717, 1.165) is 0 Å². The molecule has 0 bridgehead atoms. The van der Waals surface area contributed by atoms with Gasteiger partial charge in [0.1, 0.15) is 0 Å². The molecule has 1 aliphatic rings. The van der Waals surface area contributed by atoms with Crippen molar-refractivity contribution in [3.8, 4) is 0 Å². The van der Waals surface area contributed by atoms with Gasteiger partial charge in [0.25, 0.3) is 0 Å². The number of nitrogens with one attached hydrogen (secondary N) is 1. The van der Waals surface area contributed by atoms with E-state index in [-0.39, 0.29) is 23.1 Å². The van der Waals surface area contributed by atoms with Crippen molar-refractivity contribution < 1.29 is 11.0 Å². The summed E-state index contributed by atoms with van der Waals surface area (Å²) < 4.78 is 62.5. The first kappa shape index (κ1) is 4.60. The summed E-state index contributed by atoms with van der Waals surface area (Å²) in [6, 6.07) is 5.56. The van der Waals surface area contributed by atoms with Gasteiger partial charge in [0.05, 0.1) is 5.48 Å². The summed E-state index contributed by atoms with van der Waals surface area (Å²) in [5.41, 5.74) is -0.0493. The van der Waals surface area contributed by atoms with E-state index in [1.807, 2.05) is 0 Å². The van der Waals surface area contributed by atoms with Gasteiger partial charge in [-0.3, -0.25) is 0 Å². The molecule has 0 amide bonds. The lowest BCUT2D eigenvalue weighted by Crippen LogP contribution is -2.43. The zero-order valence-corrected chi connectivity index (χ0v) is 8.62. The fourth-order valence-corrected chi connectivity index (χ4v) is 1.16. The van der Waals surface area contributed by atoms with Gasteiger partial charge in [-0.25, -0.2) is 0 Å². The van der Waals surface area contributed by atoms with E-state index in [0.29, 0.717) is 4.90 Å².